The van der Waals surface area contributed by atoms with Crippen molar-refractivity contribution >= 4 is 11.5 Å². The van der Waals surface area contributed by atoms with Crippen molar-refractivity contribution in [2.45, 2.75) is 31.7 Å². The minimum atomic E-state index is -0.712. The van der Waals surface area contributed by atoms with Gasteiger partial charge in [-0.25, -0.2) is 0 Å². The number of piperidine rings is 1. The average Bonchev–Trinajstić information content (AvgIpc) is 2.71. The molecule has 2 heterocycles. The summed E-state index contributed by atoms with van der Waals surface area (Å²) in [7, 11) is 0. The molecule has 28 heavy (non-hydrogen) atoms. The molecular weight excluding hydrogens is 354 g/mol. The Hall–Kier alpha value is -2.79. The van der Waals surface area contributed by atoms with Crippen molar-refractivity contribution < 1.29 is 19.4 Å². The summed E-state index contributed by atoms with van der Waals surface area (Å²) in [6.07, 6.45) is 5.74. The van der Waals surface area contributed by atoms with E-state index in [-0.39, 0.29) is 12.8 Å². The number of fused-ring (bicyclic) bond motifs is 2. The van der Waals surface area contributed by atoms with Crippen LogP contribution in [-0.4, -0.2) is 41.9 Å². The van der Waals surface area contributed by atoms with Crippen LogP contribution in [0, 0.1) is 0 Å². The smallest absolute Gasteiger partial charge is 0.320 e. The molecule has 1 N–H and O–H groups in total. The molecule has 0 spiro atoms. The third-order valence-electron chi connectivity index (χ3n) is 5.45. The zero-order valence-corrected chi connectivity index (χ0v) is 15.8. The Kier molecular flexibility index (Phi) is 5.63. The van der Waals surface area contributed by atoms with E-state index in [9.17, 15) is 9.90 Å². The molecule has 0 bridgehead atoms. The van der Waals surface area contributed by atoms with Crippen molar-refractivity contribution in [3.05, 3.63) is 65.7 Å². The molecule has 0 amide bonds. The molecule has 4 rings (SSSR count). The first-order valence-corrected chi connectivity index (χ1v) is 9.85. The molecule has 0 saturated carbocycles. The van der Waals surface area contributed by atoms with Gasteiger partial charge in [0.25, 0.3) is 0 Å². The fourth-order valence-corrected chi connectivity index (χ4v) is 4.06. The second-order valence-corrected chi connectivity index (χ2v) is 7.19. The van der Waals surface area contributed by atoms with E-state index in [0.29, 0.717) is 0 Å². The van der Waals surface area contributed by atoms with Crippen molar-refractivity contribution in [2.75, 3.05) is 19.9 Å². The van der Waals surface area contributed by atoms with E-state index in [1.165, 1.54) is 0 Å². The van der Waals surface area contributed by atoms with Gasteiger partial charge in [-0.15, -0.1) is 0 Å². The topological polar surface area (TPSA) is 59.0 Å². The summed E-state index contributed by atoms with van der Waals surface area (Å²) < 4.78 is 11.6. The van der Waals surface area contributed by atoms with Crippen LogP contribution in [-0.2, 0) is 4.79 Å². The third-order valence-corrected chi connectivity index (χ3v) is 5.45. The van der Waals surface area contributed by atoms with Crippen LogP contribution in [0.25, 0.3) is 5.57 Å². The predicted octanol–water partition coefficient (Wildman–Crippen LogP) is 4.18. The van der Waals surface area contributed by atoms with Gasteiger partial charge in [0.1, 0.15) is 17.5 Å². The van der Waals surface area contributed by atoms with Gasteiger partial charge in [-0.3, -0.25) is 9.69 Å². The van der Waals surface area contributed by atoms with Gasteiger partial charge in [-0.05, 0) is 43.5 Å². The molecule has 1 atom stereocenters. The van der Waals surface area contributed by atoms with Crippen LogP contribution in [0.2, 0.25) is 0 Å². The molecule has 1 unspecified atom stereocenters. The number of hydrogen-bond acceptors (Lipinski definition) is 4. The first kappa shape index (κ1) is 18.6. The molecule has 5 nitrogen and oxygen atoms in total. The lowest BCUT2D eigenvalue weighted by molar-refractivity contribution is -0.144. The first-order valence-electron chi connectivity index (χ1n) is 9.85. The highest BCUT2D eigenvalue weighted by molar-refractivity contribution is 5.85. The number of rotatable bonds is 4. The number of para-hydroxylation sites is 2. The maximum Gasteiger partial charge on any atom is 0.320 e. The van der Waals surface area contributed by atoms with Gasteiger partial charge in [0.05, 0.1) is 0 Å². The van der Waals surface area contributed by atoms with Gasteiger partial charge >= 0.3 is 5.97 Å². The highest BCUT2D eigenvalue weighted by Crippen LogP contribution is 2.37. The zero-order chi connectivity index (χ0) is 19.3. The summed E-state index contributed by atoms with van der Waals surface area (Å²) in [5, 5.41) is 9.50. The fourth-order valence-electron chi connectivity index (χ4n) is 4.06. The van der Waals surface area contributed by atoms with Crippen LogP contribution in [0.4, 0.5) is 0 Å². The van der Waals surface area contributed by atoms with Crippen molar-refractivity contribution in [3.63, 3.8) is 0 Å². The molecule has 2 aliphatic heterocycles. The monoisotopic (exact) mass is 379 g/mol. The number of aliphatic carboxylic acids is 1. The summed E-state index contributed by atoms with van der Waals surface area (Å²) in [6, 6.07) is 15.6. The van der Waals surface area contributed by atoms with Crippen LogP contribution in [0.15, 0.2) is 54.6 Å². The van der Waals surface area contributed by atoms with Crippen molar-refractivity contribution in [1.82, 2.24) is 4.90 Å². The number of benzene rings is 2. The normalized spacial score (nSPS) is 19.3. The van der Waals surface area contributed by atoms with E-state index >= 15 is 0 Å². The Morgan fingerprint density at radius 2 is 1.68 bits per heavy atom. The van der Waals surface area contributed by atoms with E-state index in [1.807, 2.05) is 36.4 Å². The Morgan fingerprint density at radius 1 is 1.04 bits per heavy atom. The maximum atomic E-state index is 11.6. The number of carbonyl (C=O) groups is 1. The second-order valence-electron chi connectivity index (χ2n) is 7.19. The van der Waals surface area contributed by atoms with Gasteiger partial charge in [-0.2, -0.15) is 0 Å². The summed E-state index contributed by atoms with van der Waals surface area (Å²) in [6.45, 7) is 1.75. The molecule has 0 aliphatic carbocycles. The molecule has 1 fully saturated rings. The average molecular weight is 379 g/mol. The van der Waals surface area contributed by atoms with E-state index < -0.39 is 5.97 Å². The summed E-state index contributed by atoms with van der Waals surface area (Å²) in [4.78, 5) is 13.6. The van der Waals surface area contributed by atoms with Gasteiger partial charge in [0, 0.05) is 17.7 Å². The Labute approximate surface area is 165 Å². The Balaban J connectivity index is 1.63. The molecule has 0 aromatic heterocycles. The fraction of sp³-hybridized carbons (Fsp3) is 0.348. The molecular formula is C23H25NO4. The van der Waals surface area contributed by atoms with Gasteiger partial charge in [0.2, 0.25) is 6.79 Å². The maximum absolute atomic E-state index is 11.6. The van der Waals surface area contributed by atoms with E-state index in [1.54, 1.807) is 0 Å². The largest absolute Gasteiger partial charge is 0.480 e. The zero-order valence-electron chi connectivity index (χ0n) is 15.8. The van der Waals surface area contributed by atoms with Gasteiger partial charge < -0.3 is 14.6 Å². The van der Waals surface area contributed by atoms with Crippen LogP contribution in [0.5, 0.6) is 11.5 Å². The van der Waals surface area contributed by atoms with Gasteiger partial charge in [-0.1, -0.05) is 48.9 Å². The van der Waals surface area contributed by atoms with Crippen LogP contribution >= 0.6 is 0 Å². The van der Waals surface area contributed by atoms with E-state index in [0.717, 1.165) is 67.0 Å². The van der Waals surface area contributed by atoms with E-state index in [2.05, 4.69) is 23.1 Å². The number of likely N-dealkylation sites (tertiary alicyclic amines) is 1. The predicted molar refractivity (Wildman–Crippen MR) is 108 cm³/mol. The molecule has 0 radical (unpaired) electrons. The lowest BCUT2D eigenvalue weighted by Crippen LogP contribution is -2.44. The third kappa shape index (κ3) is 3.90. The quantitative estimate of drug-likeness (QED) is 0.864. The highest BCUT2D eigenvalue weighted by atomic mass is 16.7. The molecule has 2 aromatic carbocycles. The molecule has 146 valence electrons. The number of carboxylic acids is 1. The Bertz CT molecular complexity index is 827. The second kappa shape index (κ2) is 8.48. The minimum absolute atomic E-state index is 0.176. The SMILES string of the molecule is O=C(O)C1CCCCN1CCC=C1c2ccccc2OCOc2ccccc21. The van der Waals surface area contributed by atoms with Crippen LogP contribution < -0.4 is 9.47 Å². The molecule has 5 heteroatoms. The number of nitrogens with zero attached hydrogens (tertiary/aromatic N) is 1. The number of ether oxygens (including phenoxy) is 2. The van der Waals surface area contributed by atoms with E-state index in [4.69, 9.17) is 9.47 Å². The first-order chi connectivity index (χ1) is 13.7. The molecule has 2 aromatic rings. The summed E-state index contributed by atoms with van der Waals surface area (Å²) in [5.74, 6) is 0.880. The van der Waals surface area contributed by atoms with Crippen molar-refractivity contribution in [1.29, 1.82) is 0 Å². The standard InChI is InChI=1S/C23H25NO4/c25-23(26)20-11-5-6-14-24(20)15-7-10-17-18-8-1-3-12-21(18)27-16-28-22-13-4-2-9-19(17)22/h1-4,8-10,12-13,20H,5-7,11,14-16H2,(H,25,26). The minimum Gasteiger partial charge on any atom is -0.480 e. The lowest BCUT2D eigenvalue weighted by atomic mass is 9.94. The number of carboxylic acid groups (broad SMARTS) is 1. The Morgan fingerprint density at radius 3 is 2.32 bits per heavy atom. The molecule has 1 saturated heterocycles. The summed E-state index contributed by atoms with van der Waals surface area (Å²) in [5.41, 5.74) is 3.13. The van der Waals surface area contributed by atoms with Crippen LogP contribution in [0.1, 0.15) is 36.8 Å². The lowest BCUT2D eigenvalue weighted by Gasteiger charge is -2.32. The molecule has 2 aliphatic rings. The highest BCUT2D eigenvalue weighted by Gasteiger charge is 2.27. The van der Waals surface area contributed by atoms with Gasteiger partial charge in [0.15, 0.2) is 0 Å². The van der Waals surface area contributed by atoms with Crippen LogP contribution in [0.3, 0.4) is 0 Å². The number of hydrogen-bond donors (Lipinski definition) is 1. The summed E-state index contributed by atoms with van der Waals surface area (Å²) >= 11 is 0. The van der Waals surface area contributed by atoms with Crippen molar-refractivity contribution in [3.8, 4) is 11.5 Å². The van der Waals surface area contributed by atoms with Crippen molar-refractivity contribution in [2.24, 2.45) is 0 Å².